The van der Waals surface area contributed by atoms with E-state index in [1.165, 1.54) is 33.6 Å². The van der Waals surface area contributed by atoms with Gasteiger partial charge in [-0.15, -0.1) is 22.7 Å². The number of thiazole rings is 1. The number of aromatic nitrogens is 2. The van der Waals surface area contributed by atoms with Crippen LogP contribution in [0.5, 0.6) is 0 Å². The van der Waals surface area contributed by atoms with Gasteiger partial charge < -0.3 is 5.73 Å². The largest absolute Gasteiger partial charge is 0.397 e. The molecule has 3 N–H and O–H groups in total. The Bertz CT molecular complexity index is 1530. The number of nitrogens with zero attached hydrogens (tertiary/aromatic N) is 2. The number of benzene rings is 2. The molecule has 2 aromatic carbocycles. The van der Waals surface area contributed by atoms with Gasteiger partial charge in [0.1, 0.15) is 9.71 Å². The summed E-state index contributed by atoms with van der Waals surface area (Å²) in [6, 6.07) is 16.6. The average Bonchev–Trinajstić information content (AvgIpc) is 3.42. The number of hydrogen-bond acceptors (Lipinski definition) is 6. The lowest BCUT2D eigenvalue weighted by Gasteiger charge is -2.20. The number of aryl methyl sites for hydroxylation is 1. The maximum absolute atomic E-state index is 13.1. The molecule has 1 atom stereocenters. The van der Waals surface area contributed by atoms with Crippen molar-refractivity contribution in [3.63, 3.8) is 0 Å². The minimum absolute atomic E-state index is 0.235. The lowest BCUT2D eigenvalue weighted by Crippen LogP contribution is -2.12. The Morgan fingerprint density at radius 2 is 1.97 bits per heavy atom. The molecular formula is C26H22N4OS2. The number of thiophene rings is 1. The van der Waals surface area contributed by atoms with Gasteiger partial charge in [-0.3, -0.25) is 10.1 Å². The highest BCUT2D eigenvalue weighted by Crippen LogP contribution is 2.37. The molecule has 0 saturated carbocycles. The summed E-state index contributed by atoms with van der Waals surface area (Å²) in [6.07, 6.45) is 3.16. The molecule has 0 spiro atoms. The molecule has 0 aliphatic heterocycles. The fourth-order valence-corrected chi connectivity index (χ4v) is 6.21. The van der Waals surface area contributed by atoms with Crippen LogP contribution in [0.3, 0.4) is 0 Å². The van der Waals surface area contributed by atoms with E-state index in [4.69, 9.17) is 10.7 Å². The highest BCUT2D eigenvalue weighted by atomic mass is 32.1. The third kappa shape index (κ3) is 3.67. The molecule has 3 heterocycles. The van der Waals surface area contributed by atoms with Crippen LogP contribution >= 0.6 is 22.7 Å². The van der Waals surface area contributed by atoms with E-state index in [0.717, 1.165) is 51.8 Å². The number of anilines is 2. The van der Waals surface area contributed by atoms with Crippen LogP contribution in [0.1, 0.15) is 34.3 Å². The number of nitrogens with two attached hydrogens (primary N) is 1. The molecule has 164 valence electrons. The topological polar surface area (TPSA) is 80.9 Å². The number of amides is 1. The summed E-state index contributed by atoms with van der Waals surface area (Å²) < 4.78 is 0. The summed E-state index contributed by atoms with van der Waals surface area (Å²) in [5.41, 5.74) is 11.2. The minimum atomic E-state index is -0.235. The molecule has 0 radical (unpaired) electrons. The van der Waals surface area contributed by atoms with Crippen molar-refractivity contribution in [1.82, 2.24) is 9.97 Å². The van der Waals surface area contributed by atoms with E-state index < -0.39 is 0 Å². The van der Waals surface area contributed by atoms with Gasteiger partial charge in [0.25, 0.3) is 5.91 Å². The Morgan fingerprint density at radius 3 is 2.85 bits per heavy atom. The van der Waals surface area contributed by atoms with E-state index in [2.05, 4.69) is 53.6 Å². The highest BCUT2D eigenvalue weighted by Gasteiger charge is 2.23. The number of nitrogens with one attached hydrogen (secondary N) is 1. The predicted molar refractivity (Wildman–Crippen MR) is 138 cm³/mol. The molecule has 1 unspecified atom stereocenters. The highest BCUT2D eigenvalue weighted by molar-refractivity contribution is 7.21. The molecule has 0 saturated heterocycles. The molecule has 1 aliphatic rings. The van der Waals surface area contributed by atoms with Crippen LogP contribution in [0.2, 0.25) is 0 Å². The van der Waals surface area contributed by atoms with Gasteiger partial charge in [0.2, 0.25) is 0 Å². The first-order chi connectivity index (χ1) is 16.0. The maximum atomic E-state index is 13.1. The number of carbonyl (C=O) groups is 1. The molecule has 5 aromatic rings. The van der Waals surface area contributed by atoms with E-state index in [1.807, 2.05) is 17.5 Å². The van der Waals surface area contributed by atoms with Crippen LogP contribution in [0.4, 0.5) is 10.8 Å². The number of nitrogen functional groups attached to an aromatic ring is 1. The van der Waals surface area contributed by atoms with Crippen molar-refractivity contribution < 1.29 is 4.79 Å². The van der Waals surface area contributed by atoms with E-state index in [1.54, 1.807) is 0 Å². The van der Waals surface area contributed by atoms with Gasteiger partial charge in [0.05, 0.1) is 11.4 Å². The maximum Gasteiger partial charge on any atom is 0.269 e. The zero-order valence-electron chi connectivity index (χ0n) is 18.1. The molecule has 3 aromatic heterocycles. The SMILES string of the molecule is CC1CCc2nc3sc(C(=O)Nc4nc(-c5ccc6ccccc6c5)cs4)c(N)c3cc2C1. The van der Waals surface area contributed by atoms with Crippen LogP contribution in [0, 0.1) is 5.92 Å². The first-order valence-electron chi connectivity index (χ1n) is 11.0. The summed E-state index contributed by atoms with van der Waals surface area (Å²) in [5, 5.41) is 8.69. The van der Waals surface area contributed by atoms with Crippen molar-refractivity contribution in [3.8, 4) is 11.3 Å². The van der Waals surface area contributed by atoms with Crippen LogP contribution in [0.25, 0.3) is 32.2 Å². The van der Waals surface area contributed by atoms with Crippen molar-refractivity contribution >= 4 is 60.4 Å². The Hall–Kier alpha value is -3.29. The second-order valence-electron chi connectivity index (χ2n) is 8.69. The molecule has 0 bridgehead atoms. The van der Waals surface area contributed by atoms with E-state index in [9.17, 15) is 4.79 Å². The quantitative estimate of drug-likeness (QED) is 0.314. The molecule has 6 rings (SSSR count). The second kappa shape index (κ2) is 7.93. The fraction of sp³-hybridized carbons (Fsp3) is 0.192. The first kappa shape index (κ1) is 20.3. The van der Waals surface area contributed by atoms with Crippen molar-refractivity contribution in [1.29, 1.82) is 0 Å². The van der Waals surface area contributed by atoms with Crippen LogP contribution in [-0.4, -0.2) is 15.9 Å². The Balaban J connectivity index is 1.27. The first-order valence-corrected chi connectivity index (χ1v) is 12.7. The van der Waals surface area contributed by atoms with E-state index >= 15 is 0 Å². The van der Waals surface area contributed by atoms with Gasteiger partial charge in [0, 0.05) is 22.0 Å². The zero-order valence-corrected chi connectivity index (χ0v) is 19.7. The van der Waals surface area contributed by atoms with Gasteiger partial charge in [-0.1, -0.05) is 43.3 Å². The summed E-state index contributed by atoms with van der Waals surface area (Å²) >= 11 is 2.77. The molecular weight excluding hydrogens is 448 g/mol. The van der Waals surface area contributed by atoms with E-state index in [0.29, 0.717) is 21.6 Å². The van der Waals surface area contributed by atoms with Crippen molar-refractivity contribution in [2.75, 3.05) is 11.1 Å². The predicted octanol–water partition coefficient (Wildman–Crippen LogP) is 6.53. The number of hydrogen-bond donors (Lipinski definition) is 2. The fourth-order valence-electron chi connectivity index (χ4n) is 4.51. The minimum Gasteiger partial charge on any atom is -0.397 e. The van der Waals surface area contributed by atoms with Crippen molar-refractivity contribution in [2.45, 2.75) is 26.2 Å². The Kier molecular flexibility index (Phi) is 4.89. The molecule has 1 aliphatic carbocycles. The van der Waals surface area contributed by atoms with Gasteiger partial charge in [-0.25, -0.2) is 9.97 Å². The number of fused-ring (bicyclic) bond motifs is 3. The number of carbonyl (C=O) groups excluding carboxylic acids is 1. The van der Waals surface area contributed by atoms with Crippen molar-refractivity contribution in [2.24, 2.45) is 5.92 Å². The second-order valence-corrected chi connectivity index (χ2v) is 10.6. The van der Waals surface area contributed by atoms with Crippen LogP contribution in [0.15, 0.2) is 53.9 Å². The van der Waals surface area contributed by atoms with E-state index in [-0.39, 0.29) is 5.91 Å². The summed E-state index contributed by atoms with van der Waals surface area (Å²) in [4.78, 5) is 23.9. The molecule has 0 fully saturated rings. The van der Waals surface area contributed by atoms with Gasteiger partial charge in [-0.2, -0.15) is 0 Å². The van der Waals surface area contributed by atoms with Gasteiger partial charge in [0.15, 0.2) is 5.13 Å². The summed E-state index contributed by atoms with van der Waals surface area (Å²) in [5.74, 6) is 0.419. The van der Waals surface area contributed by atoms with Crippen LogP contribution < -0.4 is 11.1 Å². The molecule has 5 nitrogen and oxygen atoms in total. The van der Waals surface area contributed by atoms with Crippen LogP contribution in [-0.2, 0) is 12.8 Å². The summed E-state index contributed by atoms with van der Waals surface area (Å²) in [6.45, 7) is 2.27. The smallest absolute Gasteiger partial charge is 0.269 e. The average molecular weight is 471 g/mol. The molecule has 7 heteroatoms. The molecule has 1 amide bonds. The summed E-state index contributed by atoms with van der Waals surface area (Å²) in [7, 11) is 0. The molecule has 33 heavy (non-hydrogen) atoms. The van der Waals surface area contributed by atoms with Crippen molar-refractivity contribution in [3.05, 3.63) is 70.0 Å². The number of pyridine rings is 1. The monoisotopic (exact) mass is 470 g/mol. The normalized spacial score (nSPS) is 15.6. The Morgan fingerprint density at radius 1 is 1.12 bits per heavy atom. The lowest BCUT2D eigenvalue weighted by molar-refractivity contribution is 0.103. The standard InChI is InChI=1S/C26H22N4OS2/c1-14-6-9-20-18(10-14)12-19-22(27)23(33-25(19)28-20)24(31)30-26-29-21(13-32-26)17-8-7-15-4-2-3-5-16(15)11-17/h2-5,7-8,11-14H,6,9-10,27H2,1H3,(H,29,30,31). The van der Waals surface area contributed by atoms with Gasteiger partial charge >= 0.3 is 0 Å². The lowest BCUT2D eigenvalue weighted by atomic mass is 9.87. The Labute approximate surface area is 199 Å². The van der Waals surface area contributed by atoms with Gasteiger partial charge in [-0.05, 0) is 53.6 Å². The zero-order chi connectivity index (χ0) is 22.5. The third-order valence-corrected chi connectivity index (χ3v) is 8.18. The number of rotatable bonds is 3. The third-order valence-electron chi connectivity index (χ3n) is 6.31.